The Bertz CT molecular complexity index is 793. The van der Waals surface area contributed by atoms with Crippen LogP contribution in [0.1, 0.15) is 15.9 Å². The summed E-state index contributed by atoms with van der Waals surface area (Å²) in [5, 5.41) is 0.560. The molecule has 3 rings (SSSR count). The van der Waals surface area contributed by atoms with E-state index in [1.165, 1.54) is 47.0 Å². The fourth-order valence-electron chi connectivity index (χ4n) is 2.35. The molecule has 0 bridgehead atoms. The molecule has 3 nitrogen and oxygen atoms in total. The van der Waals surface area contributed by atoms with Gasteiger partial charge in [-0.05, 0) is 29.8 Å². The summed E-state index contributed by atoms with van der Waals surface area (Å²) in [7, 11) is 0. The van der Waals surface area contributed by atoms with Crippen LogP contribution in [0.2, 0.25) is 5.02 Å². The van der Waals surface area contributed by atoms with Crippen molar-refractivity contribution in [2.45, 2.75) is 5.75 Å². The van der Waals surface area contributed by atoms with E-state index in [4.69, 9.17) is 11.6 Å². The molecule has 0 aromatic heterocycles. The number of amides is 1. The van der Waals surface area contributed by atoms with E-state index in [1.807, 2.05) is 0 Å². The largest absolute Gasteiger partial charge is 0.285 e. The minimum Gasteiger partial charge on any atom is -0.285 e. The Balaban J connectivity index is 1.74. The van der Waals surface area contributed by atoms with E-state index in [0.29, 0.717) is 24.0 Å². The highest BCUT2D eigenvalue weighted by atomic mass is 35.5. The predicted octanol–water partition coefficient (Wildman–Crippen LogP) is 4.36. The van der Waals surface area contributed by atoms with Crippen LogP contribution in [0.5, 0.6) is 0 Å². The van der Waals surface area contributed by atoms with Gasteiger partial charge in [0.1, 0.15) is 11.6 Å². The van der Waals surface area contributed by atoms with Crippen LogP contribution in [0, 0.1) is 11.6 Å². The standard InChI is InChI=1S/C17H13ClF2N2OS/c18-13-5-2-6-14(20)15(13)16(23)22-8-7-21-17(22)24-10-11-3-1-4-12(19)9-11/h1-6,9H,7-8,10H2. The van der Waals surface area contributed by atoms with Crippen molar-refractivity contribution in [3.05, 3.63) is 70.2 Å². The van der Waals surface area contributed by atoms with Gasteiger partial charge >= 0.3 is 0 Å². The summed E-state index contributed by atoms with van der Waals surface area (Å²) in [6, 6.07) is 10.4. The molecule has 7 heteroatoms. The van der Waals surface area contributed by atoms with Gasteiger partial charge < -0.3 is 0 Å². The summed E-state index contributed by atoms with van der Waals surface area (Å²) in [5.41, 5.74) is 0.631. The normalized spacial score (nSPS) is 14.0. The summed E-state index contributed by atoms with van der Waals surface area (Å²) in [6.45, 7) is 0.818. The molecule has 2 aromatic rings. The Labute approximate surface area is 147 Å². The third kappa shape index (κ3) is 3.60. The number of rotatable bonds is 3. The van der Waals surface area contributed by atoms with Crippen LogP contribution < -0.4 is 0 Å². The second kappa shape index (κ2) is 7.32. The molecule has 0 fully saturated rings. The maximum absolute atomic E-state index is 14.0. The molecule has 0 radical (unpaired) electrons. The number of carbonyl (C=O) groups is 1. The Morgan fingerprint density at radius 2 is 2.04 bits per heavy atom. The quantitative estimate of drug-likeness (QED) is 0.808. The van der Waals surface area contributed by atoms with Gasteiger partial charge in [0.2, 0.25) is 0 Å². The highest BCUT2D eigenvalue weighted by Crippen LogP contribution is 2.25. The number of benzene rings is 2. The molecular formula is C17H13ClF2N2OS. The van der Waals surface area contributed by atoms with Gasteiger partial charge in [0, 0.05) is 12.3 Å². The van der Waals surface area contributed by atoms with Crippen molar-refractivity contribution < 1.29 is 13.6 Å². The number of hydrogen-bond donors (Lipinski definition) is 0. The first-order valence-corrected chi connectivity index (χ1v) is 8.60. The van der Waals surface area contributed by atoms with Gasteiger partial charge in [-0.1, -0.05) is 41.6 Å². The van der Waals surface area contributed by atoms with Crippen LogP contribution in [0.3, 0.4) is 0 Å². The zero-order valence-electron chi connectivity index (χ0n) is 12.5. The summed E-state index contributed by atoms with van der Waals surface area (Å²) < 4.78 is 27.2. The molecule has 24 heavy (non-hydrogen) atoms. The lowest BCUT2D eigenvalue weighted by atomic mass is 10.2. The number of carbonyl (C=O) groups excluding carboxylic acids is 1. The second-order valence-electron chi connectivity index (χ2n) is 5.14. The van der Waals surface area contributed by atoms with Gasteiger partial charge in [0.05, 0.1) is 17.1 Å². The number of amidine groups is 1. The molecule has 0 saturated carbocycles. The topological polar surface area (TPSA) is 32.7 Å². The minimum absolute atomic E-state index is 0.0707. The maximum Gasteiger partial charge on any atom is 0.264 e. The van der Waals surface area contributed by atoms with Crippen LogP contribution in [-0.4, -0.2) is 29.1 Å². The van der Waals surface area contributed by atoms with E-state index >= 15 is 0 Å². The number of halogens is 3. The summed E-state index contributed by atoms with van der Waals surface area (Å²) in [4.78, 5) is 18.3. The molecule has 1 aliphatic heterocycles. The lowest BCUT2D eigenvalue weighted by molar-refractivity contribution is 0.0856. The van der Waals surface area contributed by atoms with Crippen molar-refractivity contribution in [1.82, 2.24) is 4.90 Å². The van der Waals surface area contributed by atoms with Gasteiger partial charge in [0.15, 0.2) is 5.17 Å². The van der Waals surface area contributed by atoms with Gasteiger partial charge in [0.25, 0.3) is 5.91 Å². The van der Waals surface area contributed by atoms with Crippen molar-refractivity contribution in [2.24, 2.45) is 4.99 Å². The fraction of sp³-hybridized carbons (Fsp3) is 0.176. The van der Waals surface area contributed by atoms with Gasteiger partial charge in [-0.15, -0.1) is 0 Å². The van der Waals surface area contributed by atoms with Gasteiger partial charge in [-0.3, -0.25) is 14.7 Å². The number of aliphatic imine (C=N–C) groups is 1. The molecule has 0 N–H and O–H groups in total. The lowest BCUT2D eigenvalue weighted by Crippen LogP contribution is -2.33. The number of thioether (sulfide) groups is 1. The molecule has 1 amide bonds. The third-order valence-corrected chi connectivity index (χ3v) is 4.88. The zero-order chi connectivity index (χ0) is 17.1. The highest BCUT2D eigenvalue weighted by molar-refractivity contribution is 8.13. The van der Waals surface area contributed by atoms with Crippen molar-refractivity contribution in [3.63, 3.8) is 0 Å². The predicted molar refractivity (Wildman–Crippen MR) is 92.4 cm³/mol. The first kappa shape index (κ1) is 16.9. The van der Waals surface area contributed by atoms with Gasteiger partial charge in [-0.2, -0.15) is 0 Å². The molecule has 124 valence electrons. The van der Waals surface area contributed by atoms with E-state index in [2.05, 4.69) is 4.99 Å². The third-order valence-electron chi connectivity index (χ3n) is 3.48. The maximum atomic E-state index is 14.0. The first-order chi connectivity index (χ1) is 11.6. The molecule has 0 atom stereocenters. The summed E-state index contributed by atoms with van der Waals surface area (Å²) in [6.07, 6.45) is 0. The molecule has 1 heterocycles. The summed E-state index contributed by atoms with van der Waals surface area (Å²) >= 11 is 7.28. The van der Waals surface area contributed by atoms with Crippen molar-refractivity contribution in [1.29, 1.82) is 0 Å². The van der Waals surface area contributed by atoms with E-state index < -0.39 is 11.7 Å². The zero-order valence-corrected chi connectivity index (χ0v) is 14.1. The molecule has 0 unspecified atom stereocenters. The average molecular weight is 367 g/mol. The van der Waals surface area contributed by atoms with Gasteiger partial charge in [-0.25, -0.2) is 8.78 Å². The Morgan fingerprint density at radius 1 is 1.25 bits per heavy atom. The van der Waals surface area contributed by atoms with Crippen LogP contribution in [0.4, 0.5) is 8.78 Å². The molecule has 1 aliphatic rings. The first-order valence-electron chi connectivity index (χ1n) is 7.24. The SMILES string of the molecule is O=C(c1c(F)cccc1Cl)N1CCN=C1SCc1cccc(F)c1. The molecular weight excluding hydrogens is 354 g/mol. The Morgan fingerprint density at radius 3 is 2.79 bits per heavy atom. The Hall–Kier alpha value is -1.92. The monoisotopic (exact) mass is 366 g/mol. The fourth-order valence-corrected chi connectivity index (χ4v) is 3.58. The average Bonchev–Trinajstić information content (AvgIpc) is 3.01. The van der Waals surface area contributed by atoms with E-state index in [1.54, 1.807) is 12.1 Å². The lowest BCUT2D eigenvalue weighted by Gasteiger charge is -2.19. The van der Waals surface area contributed by atoms with Crippen LogP contribution >= 0.6 is 23.4 Å². The van der Waals surface area contributed by atoms with Crippen LogP contribution in [-0.2, 0) is 5.75 Å². The van der Waals surface area contributed by atoms with Crippen molar-refractivity contribution in [2.75, 3.05) is 13.1 Å². The molecule has 2 aromatic carbocycles. The Kier molecular flexibility index (Phi) is 5.16. The molecule has 0 saturated heterocycles. The van der Waals surface area contributed by atoms with E-state index in [9.17, 15) is 13.6 Å². The van der Waals surface area contributed by atoms with Crippen LogP contribution in [0.15, 0.2) is 47.5 Å². The molecule has 0 spiro atoms. The van der Waals surface area contributed by atoms with Crippen molar-refractivity contribution in [3.8, 4) is 0 Å². The van der Waals surface area contributed by atoms with E-state index in [-0.39, 0.29) is 16.4 Å². The molecule has 0 aliphatic carbocycles. The van der Waals surface area contributed by atoms with Crippen LogP contribution in [0.25, 0.3) is 0 Å². The van der Waals surface area contributed by atoms with Crippen molar-refractivity contribution >= 4 is 34.4 Å². The van der Waals surface area contributed by atoms with E-state index in [0.717, 1.165) is 5.56 Å². The second-order valence-corrected chi connectivity index (χ2v) is 6.49. The smallest absolute Gasteiger partial charge is 0.264 e. The number of nitrogens with zero attached hydrogens (tertiary/aromatic N) is 2. The highest BCUT2D eigenvalue weighted by Gasteiger charge is 2.28. The summed E-state index contributed by atoms with van der Waals surface area (Å²) in [5.74, 6) is -1.02. The minimum atomic E-state index is -0.658. The number of hydrogen-bond acceptors (Lipinski definition) is 3.